The van der Waals surface area contributed by atoms with Crippen molar-refractivity contribution in [2.75, 3.05) is 13.7 Å². The minimum absolute atomic E-state index is 0.0317. The molecule has 4 nitrogen and oxygen atoms in total. The Morgan fingerprint density at radius 2 is 2.36 bits per heavy atom. The summed E-state index contributed by atoms with van der Waals surface area (Å²) in [4.78, 5) is 3.91. The molecule has 0 aliphatic heterocycles. The molecule has 0 bridgehead atoms. The largest absolute Gasteiger partial charge is 0.487 e. The Labute approximate surface area is 84.2 Å². The lowest BCUT2D eigenvalue weighted by molar-refractivity contribution is 0.0919. The predicted molar refractivity (Wildman–Crippen MR) is 53.8 cm³/mol. The van der Waals surface area contributed by atoms with Gasteiger partial charge in [-0.1, -0.05) is 0 Å². The van der Waals surface area contributed by atoms with Crippen LogP contribution in [0.2, 0.25) is 0 Å². The molecular weight excluding hydrogens is 181 g/mol. The van der Waals surface area contributed by atoms with E-state index in [9.17, 15) is 0 Å². The summed E-state index contributed by atoms with van der Waals surface area (Å²) in [6.45, 7) is 2.42. The molecular formula is C9H13BNO3. The summed E-state index contributed by atoms with van der Waals surface area (Å²) in [5.74, 6) is 0.623. The van der Waals surface area contributed by atoms with Gasteiger partial charge >= 0.3 is 7.48 Å². The van der Waals surface area contributed by atoms with Crippen LogP contribution in [0.5, 0.6) is 5.75 Å². The number of pyridine rings is 1. The highest BCUT2D eigenvalue weighted by atomic mass is 16.5. The van der Waals surface area contributed by atoms with Gasteiger partial charge in [0.05, 0.1) is 12.8 Å². The molecule has 0 saturated heterocycles. The molecule has 1 radical (unpaired) electrons. The van der Waals surface area contributed by atoms with Gasteiger partial charge in [0.2, 0.25) is 0 Å². The number of aromatic nitrogens is 1. The first-order valence-corrected chi connectivity index (χ1v) is 4.34. The van der Waals surface area contributed by atoms with Crippen LogP contribution in [0.3, 0.4) is 0 Å². The molecule has 0 fully saturated rings. The maximum absolute atomic E-state index is 8.75. The highest BCUT2D eigenvalue weighted by Gasteiger charge is 2.04. The molecule has 0 aromatic carbocycles. The number of methoxy groups -OCH3 is 1. The molecule has 0 saturated carbocycles. The van der Waals surface area contributed by atoms with E-state index in [1.807, 2.05) is 6.92 Å². The van der Waals surface area contributed by atoms with Crippen LogP contribution >= 0.6 is 0 Å². The van der Waals surface area contributed by atoms with Crippen LogP contribution in [0.1, 0.15) is 6.92 Å². The first-order chi connectivity index (χ1) is 6.76. The maximum atomic E-state index is 8.75. The normalized spacial score (nSPS) is 12.2. The lowest BCUT2D eigenvalue weighted by Gasteiger charge is -2.13. The molecule has 1 aromatic heterocycles. The van der Waals surface area contributed by atoms with Gasteiger partial charge in [0.25, 0.3) is 0 Å². The molecule has 1 aromatic rings. The van der Waals surface area contributed by atoms with Gasteiger partial charge in [0.15, 0.2) is 0 Å². The average Bonchev–Trinajstić information content (AvgIpc) is 2.18. The smallest absolute Gasteiger partial charge is 0.328 e. The van der Waals surface area contributed by atoms with E-state index >= 15 is 0 Å². The molecule has 1 heterocycles. The third-order valence-electron chi connectivity index (χ3n) is 1.62. The Balaban J connectivity index is 2.57. The van der Waals surface area contributed by atoms with Crippen LogP contribution in [-0.4, -0.2) is 37.3 Å². The molecule has 0 aliphatic carbocycles. The van der Waals surface area contributed by atoms with Crippen molar-refractivity contribution in [3.63, 3.8) is 0 Å². The number of ether oxygens (including phenoxy) is 2. The molecule has 0 aliphatic rings. The van der Waals surface area contributed by atoms with E-state index in [2.05, 4.69) is 4.98 Å². The third-order valence-corrected chi connectivity index (χ3v) is 1.62. The Hall–Kier alpha value is -1.07. The molecule has 1 unspecified atom stereocenters. The number of nitrogens with zero attached hydrogens (tertiary/aromatic N) is 1. The van der Waals surface area contributed by atoms with Crippen LogP contribution in [0, 0.1) is 0 Å². The molecule has 14 heavy (non-hydrogen) atoms. The van der Waals surface area contributed by atoms with Crippen LogP contribution in [0.4, 0.5) is 0 Å². The van der Waals surface area contributed by atoms with Crippen molar-refractivity contribution >= 4 is 12.9 Å². The van der Waals surface area contributed by atoms with Crippen molar-refractivity contribution in [1.29, 1.82) is 0 Å². The minimum Gasteiger partial charge on any atom is -0.487 e. The SMILES string of the molecule is COCC(C)Oc1cncc([B]O)c1. The zero-order valence-electron chi connectivity index (χ0n) is 8.30. The van der Waals surface area contributed by atoms with Gasteiger partial charge in [-0.3, -0.25) is 4.98 Å². The predicted octanol–water partition coefficient (Wildman–Crippen LogP) is -0.268. The highest BCUT2D eigenvalue weighted by Crippen LogP contribution is 2.07. The van der Waals surface area contributed by atoms with Gasteiger partial charge in [0.1, 0.15) is 11.9 Å². The van der Waals surface area contributed by atoms with E-state index in [0.29, 0.717) is 17.8 Å². The van der Waals surface area contributed by atoms with Crippen LogP contribution < -0.4 is 10.2 Å². The monoisotopic (exact) mass is 194 g/mol. The fourth-order valence-corrected chi connectivity index (χ4v) is 1.07. The molecule has 0 amide bonds. The standard InChI is InChI=1S/C9H13BNO3/c1-7(6-13-2)14-9-3-8(10-12)4-11-5-9/h3-5,7,12H,6H2,1-2H3. The van der Waals surface area contributed by atoms with Gasteiger partial charge in [-0.25, -0.2) is 0 Å². The zero-order chi connectivity index (χ0) is 10.4. The Morgan fingerprint density at radius 3 is 3.00 bits per heavy atom. The van der Waals surface area contributed by atoms with Crippen LogP contribution in [-0.2, 0) is 4.74 Å². The van der Waals surface area contributed by atoms with Gasteiger partial charge in [-0.2, -0.15) is 0 Å². The number of hydrogen-bond donors (Lipinski definition) is 1. The second-order valence-corrected chi connectivity index (χ2v) is 2.97. The van der Waals surface area contributed by atoms with E-state index in [1.165, 1.54) is 0 Å². The lowest BCUT2D eigenvalue weighted by atomic mass is 9.91. The Bertz CT molecular complexity index is 283. The van der Waals surface area contributed by atoms with Gasteiger partial charge < -0.3 is 14.5 Å². The van der Waals surface area contributed by atoms with E-state index in [1.54, 1.807) is 25.6 Å². The Morgan fingerprint density at radius 1 is 1.57 bits per heavy atom. The topological polar surface area (TPSA) is 51.6 Å². The Kier molecular flexibility index (Phi) is 4.42. The molecule has 5 heteroatoms. The summed E-state index contributed by atoms with van der Waals surface area (Å²) in [5.41, 5.74) is 0.618. The van der Waals surface area contributed by atoms with Crippen molar-refractivity contribution in [3.8, 4) is 5.75 Å². The van der Waals surface area contributed by atoms with Crippen molar-refractivity contribution < 1.29 is 14.5 Å². The maximum Gasteiger partial charge on any atom is 0.328 e. The minimum atomic E-state index is -0.0317. The number of rotatable bonds is 5. The second kappa shape index (κ2) is 5.62. The van der Waals surface area contributed by atoms with Crippen molar-refractivity contribution in [2.45, 2.75) is 13.0 Å². The summed E-state index contributed by atoms with van der Waals surface area (Å²) >= 11 is 0. The van der Waals surface area contributed by atoms with Crippen LogP contribution in [0.25, 0.3) is 0 Å². The van der Waals surface area contributed by atoms with Gasteiger partial charge in [-0.15, -0.1) is 0 Å². The molecule has 75 valence electrons. The quantitative estimate of drug-likeness (QED) is 0.655. The zero-order valence-corrected chi connectivity index (χ0v) is 8.30. The van der Waals surface area contributed by atoms with Gasteiger partial charge in [-0.05, 0) is 18.5 Å². The van der Waals surface area contributed by atoms with E-state index in [0.717, 1.165) is 7.48 Å². The summed E-state index contributed by atoms with van der Waals surface area (Å²) in [6, 6.07) is 1.71. The molecule has 0 spiro atoms. The van der Waals surface area contributed by atoms with Crippen molar-refractivity contribution in [1.82, 2.24) is 4.98 Å². The van der Waals surface area contributed by atoms with Crippen LogP contribution in [0.15, 0.2) is 18.5 Å². The molecule has 1 rings (SSSR count). The fourth-order valence-electron chi connectivity index (χ4n) is 1.07. The molecule has 1 atom stereocenters. The summed E-state index contributed by atoms with van der Waals surface area (Å²) in [6.07, 6.45) is 3.11. The van der Waals surface area contributed by atoms with E-state index in [-0.39, 0.29) is 6.10 Å². The number of hydrogen-bond acceptors (Lipinski definition) is 4. The average molecular weight is 194 g/mol. The van der Waals surface area contributed by atoms with Crippen molar-refractivity contribution in [3.05, 3.63) is 18.5 Å². The summed E-state index contributed by atoms with van der Waals surface area (Å²) in [7, 11) is 2.61. The van der Waals surface area contributed by atoms with E-state index in [4.69, 9.17) is 14.5 Å². The third kappa shape index (κ3) is 3.36. The lowest BCUT2D eigenvalue weighted by Crippen LogP contribution is -2.20. The fraction of sp³-hybridized carbons (Fsp3) is 0.444. The van der Waals surface area contributed by atoms with E-state index < -0.39 is 0 Å². The highest BCUT2D eigenvalue weighted by molar-refractivity contribution is 6.45. The first kappa shape index (κ1) is 11.0. The molecule has 1 N–H and O–H groups in total. The summed E-state index contributed by atoms with van der Waals surface area (Å²) < 4.78 is 10.4. The van der Waals surface area contributed by atoms with Gasteiger partial charge in [0, 0.05) is 13.3 Å². The van der Waals surface area contributed by atoms with Crippen molar-refractivity contribution in [2.24, 2.45) is 0 Å². The second-order valence-electron chi connectivity index (χ2n) is 2.97. The summed E-state index contributed by atoms with van der Waals surface area (Å²) in [5, 5.41) is 8.75. The first-order valence-electron chi connectivity index (χ1n) is 4.34.